The van der Waals surface area contributed by atoms with Gasteiger partial charge in [-0.3, -0.25) is 14.5 Å². The van der Waals surface area contributed by atoms with Crippen LogP contribution in [0.15, 0.2) is 30.3 Å². The van der Waals surface area contributed by atoms with Crippen molar-refractivity contribution in [3.8, 4) is 5.75 Å². The van der Waals surface area contributed by atoms with Gasteiger partial charge in [0.1, 0.15) is 5.75 Å². The minimum absolute atomic E-state index is 0.0134. The van der Waals surface area contributed by atoms with Crippen LogP contribution in [-0.4, -0.2) is 55.5 Å². The molecule has 1 aliphatic rings. The maximum absolute atomic E-state index is 12.3. The Kier molecular flexibility index (Phi) is 7.01. The summed E-state index contributed by atoms with van der Waals surface area (Å²) in [5.41, 5.74) is 1.08. The molecular formula is C19H27N3O3. The number of nitrogens with zero attached hydrogens (tertiary/aromatic N) is 1. The zero-order valence-corrected chi connectivity index (χ0v) is 15.1. The second-order valence-corrected chi connectivity index (χ2v) is 6.17. The number of likely N-dealkylation sites (tertiary alicyclic amines) is 1. The fraction of sp³-hybridized carbons (Fsp3) is 0.474. The number of amides is 2. The Morgan fingerprint density at radius 3 is 2.64 bits per heavy atom. The van der Waals surface area contributed by atoms with Gasteiger partial charge in [-0.05, 0) is 31.0 Å². The molecule has 136 valence electrons. The average molecular weight is 345 g/mol. The van der Waals surface area contributed by atoms with Gasteiger partial charge >= 0.3 is 0 Å². The lowest BCUT2D eigenvalue weighted by molar-refractivity contribution is -0.125. The smallest absolute Gasteiger partial charge is 0.237 e. The maximum Gasteiger partial charge on any atom is 0.237 e. The summed E-state index contributed by atoms with van der Waals surface area (Å²) < 4.78 is 5.15. The molecule has 0 bridgehead atoms. The van der Waals surface area contributed by atoms with Crippen molar-refractivity contribution in [2.45, 2.75) is 32.4 Å². The average Bonchev–Trinajstić information content (AvgIpc) is 2.97. The van der Waals surface area contributed by atoms with E-state index in [1.807, 2.05) is 43.3 Å². The molecule has 0 radical (unpaired) electrons. The quantitative estimate of drug-likeness (QED) is 0.784. The van der Waals surface area contributed by atoms with E-state index in [9.17, 15) is 9.59 Å². The van der Waals surface area contributed by atoms with E-state index in [1.54, 1.807) is 7.11 Å². The van der Waals surface area contributed by atoms with Crippen molar-refractivity contribution in [1.82, 2.24) is 15.5 Å². The molecule has 2 unspecified atom stereocenters. The third-order valence-corrected chi connectivity index (χ3v) is 4.23. The number of carbonyl (C=O) groups excluding carboxylic acids is 2. The Balaban J connectivity index is 1.98. The third kappa shape index (κ3) is 5.60. The number of likely N-dealkylation sites (N-methyl/N-ethyl adjacent to an activating group) is 1. The van der Waals surface area contributed by atoms with Gasteiger partial charge in [0.05, 0.1) is 13.2 Å². The van der Waals surface area contributed by atoms with Crippen molar-refractivity contribution in [3.05, 3.63) is 35.9 Å². The molecule has 2 amide bonds. The SMILES string of the molecule is CCNC(=O)C1CC(NC(C)=O)CN1CC=Cc1ccc(OC)cc1. The molecule has 0 spiro atoms. The molecule has 1 fully saturated rings. The number of methoxy groups -OCH3 is 1. The number of nitrogens with one attached hydrogen (secondary N) is 2. The van der Waals surface area contributed by atoms with Crippen molar-refractivity contribution in [3.63, 3.8) is 0 Å². The summed E-state index contributed by atoms with van der Waals surface area (Å²) in [5.74, 6) is 0.787. The lowest BCUT2D eigenvalue weighted by Crippen LogP contribution is -2.43. The van der Waals surface area contributed by atoms with Gasteiger partial charge in [0, 0.05) is 32.6 Å². The van der Waals surface area contributed by atoms with Crippen LogP contribution >= 0.6 is 0 Å². The molecule has 6 heteroatoms. The topological polar surface area (TPSA) is 70.7 Å². The minimum atomic E-state index is -0.211. The van der Waals surface area contributed by atoms with Gasteiger partial charge in [-0.15, -0.1) is 0 Å². The van der Waals surface area contributed by atoms with Crippen LogP contribution in [0.1, 0.15) is 25.8 Å². The van der Waals surface area contributed by atoms with Gasteiger partial charge < -0.3 is 15.4 Å². The summed E-state index contributed by atoms with van der Waals surface area (Å²) in [7, 11) is 1.64. The largest absolute Gasteiger partial charge is 0.497 e. The first-order valence-electron chi connectivity index (χ1n) is 8.63. The summed E-state index contributed by atoms with van der Waals surface area (Å²) >= 11 is 0. The molecule has 1 aliphatic heterocycles. The van der Waals surface area contributed by atoms with E-state index < -0.39 is 0 Å². The van der Waals surface area contributed by atoms with Crippen LogP contribution in [0, 0.1) is 0 Å². The molecular weight excluding hydrogens is 318 g/mol. The first kappa shape index (κ1) is 19.0. The molecule has 0 aromatic heterocycles. The molecule has 1 aromatic rings. The van der Waals surface area contributed by atoms with Crippen molar-refractivity contribution >= 4 is 17.9 Å². The van der Waals surface area contributed by atoms with Crippen molar-refractivity contribution in [2.24, 2.45) is 0 Å². The zero-order valence-electron chi connectivity index (χ0n) is 15.1. The Bertz CT molecular complexity index is 613. The standard InChI is InChI=1S/C19H27N3O3/c1-4-20-19(24)18-12-16(21-14(2)23)13-22(18)11-5-6-15-7-9-17(25-3)10-8-15/h5-10,16,18H,4,11-13H2,1-3H3,(H,20,24)(H,21,23). The number of carbonyl (C=O) groups is 2. The first-order chi connectivity index (χ1) is 12.0. The lowest BCUT2D eigenvalue weighted by Gasteiger charge is -2.21. The van der Waals surface area contributed by atoms with Crippen LogP contribution in [0.2, 0.25) is 0 Å². The van der Waals surface area contributed by atoms with Crippen LogP contribution in [-0.2, 0) is 9.59 Å². The van der Waals surface area contributed by atoms with Gasteiger partial charge in [-0.25, -0.2) is 0 Å². The number of benzene rings is 1. The highest BCUT2D eigenvalue weighted by Gasteiger charge is 2.36. The second-order valence-electron chi connectivity index (χ2n) is 6.17. The predicted octanol–water partition coefficient (Wildman–Crippen LogP) is 1.42. The molecule has 2 atom stereocenters. The van der Waals surface area contributed by atoms with Crippen molar-refractivity contribution in [1.29, 1.82) is 0 Å². The van der Waals surface area contributed by atoms with E-state index in [-0.39, 0.29) is 23.9 Å². The minimum Gasteiger partial charge on any atom is -0.497 e. The first-order valence-corrected chi connectivity index (χ1v) is 8.63. The third-order valence-electron chi connectivity index (χ3n) is 4.23. The van der Waals surface area contributed by atoms with E-state index in [2.05, 4.69) is 15.5 Å². The van der Waals surface area contributed by atoms with Crippen LogP contribution < -0.4 is 15.4 Å². The predicted molar refractivity (Wildman–Crippen MR) is 98.3 cm³/mol. The molecule has 6 nitrogen and oxygen atoms in total. The van der Waals surface area contributed by atoms with Crippen LogP contribution in [0.3, 0.4) is 0 Å². The maximum atomic E-state index is 12.3. The van der Waals surface area contributed by atoms with Gasteiger partial charge in [0.2, 0.25) is 11.8 Å². The highest BCUT2D eigenvalue weighted by Crippen LogP contribution is 2.19. The van der Waals surface area contributed by atoms with Crippen molar-refractivity contribution in [2.75, 3.05) is 26.7 Å². The number of rotatable bonds is 7. The van der Waals surface area contributed by atoms with E-state index in [1.165, 1.54) is 6.92 Å². The fourth-order valence-corrected chi connectivity index (χ4v) is 3.10. The Morgan fingerprint density at radius 2 is 2.04 bits per heavy atom. The van der Waals surface area contributed by atoms with Crippen LogP contribution in [0.5, 0.6) is 5.75 Å². The van der Waals surface area contributed by atoms with Crippen LogP contribution in [0.4, 0.5) is 0 Å². The summed E-state index contributed by atoms with van der Waals surface area (Å²) in [6.07, 6.45) is 4.71. The Labute approximate surface area is 149 Å². The molecule has 1 heterocycles. The summed E-state index contributed by atoms with van der Waals surface area (Å²) in [4.78, 5) is 25.7. The molecule has 25 heavy (non-hydrogen) atoms. The highest BCUT2D eigenvalue weighted by molar-refractivity contribution is 5.82. The van der Waals surface area contributed by atoms with Crippen LogP contribution in [0.25, 0.3) is 6.08 Å². The second kappa shape index (κ2) is 9.22. The number of hydrogen-bond acceptors (Lipinski definition) is 4. The normalized spacial score (nSPS) is 20.6. The Hall–Kier alpha value is -2.34. The monoisotopic (exact) mass is 345 g/mol. The lowest BCUT2D eigenvalue weighted by atomic mass is 10.1. The van der Waals surface area contributed by atoms with E-state index in [4.69, 9.17) is 4.74 Å². The summed E-state index contributed by atoms with van der Waals surface area (Å²) in [6, 6.07) is 7.61. The van der Waals surface area contributed by atoms with Crippen molar-refractivity contribution < 1.29 is 14.3 Å². The highest BCUT2D eigenvalue weighted by atomic mass is 16.5. The van der Waals surface area contributed by atoms with Gasteiger partial charge in [-0.1, -0.05) is 24.3 Å². The van der Waals surface area contributed by atoms with E-state index in [0.29, 0.717) is 26.1 Å². The van der Waals surface area contributed by atoms with Gasteiger partial charge in [-0.2, -0.15) is 0 Å². The van der Waals surface area contributed by atoms with E-state index >= 15 is 0 Å². The van der Waals surface area contributed by atoms with Gasteiger partial charge in [0.15, 0.2) is 0 Å². The number of ether oxygens (including phenoxy) is 1. The molecule has 0 aliphatic carbocycles. The molecule has 1 aromatic carbocycles. The molecule has 2 N–H and O–H groups in total. The fourth-order valence-electron chi connectivity index (χ4n) is 3.10. The Morgan fingerprint density at radius 1 is 1.32 bits per heavy atom. The summed E-state index contributed by atoms with van der Waals surface area (Å²) in [6.45, 7) is 5.35. The number of hydrogen-bond donors (Lipinski definition) is 2. The molecule has 1 saturated heterocycles. The van der Waals surface area contributed by atoms with Gasteiger partial charge in [0.25, 0.3) is 0 Å². The van der Waals surface area contributed by atoms with E-state index in [0.717, 1.165) is 11.3 Å². The molecule has 0 saturated carbocycles. The zero-order chi connectivity index (χ0) is 18.2. The molecule has 2 rings (SSSR count). The summed E-state index contributed by atoms with van der Waals surface area (Å²) in [5, 5.41) is 5.80.